The van der Waals surface area contributed by atoms with Crippen molar-refractivity contribution >= 4 is 29.1 Å². The van der Waals surface area contributed by atoms with Gasteiger partial charge in [0.15, 0.2) is 0 Å². The number of benzene rings is 2. The summed E-state index contributed by atoms with van der Waals surface area (Å²) in [4.78, 5) is 43.4. The maximum atomic E-state index is 12.8. The normalized spacial score (nSPS) is 13.7. The van der Waals surface area contributed by atoms with Gasteiger partial charge >= 0.3 is 0 Å². The number of nitriles is 1. The fraction of sp³-hybridized carbons (Fsp3) is 0.407. The molecule has 184 valence electrons. The molecule has 2 aromatic rings. The lowest BCUT2D eigenvalue weighted by Gasteiger charge is -2.34. The summed E-state index contributed by atoms with van der Waals surface area (Å²) in [6.07, 6.45) is 1.30. The fourth-order valence-electron chi connectivity index (χ4n) is 4.17. The molecule has 0 radical (unpaired) electrons. The second-order valence-corrected chi connectivity index (χ2v) is 8.50. The number of nitrogens with zero attached hydrogens (tertiary/aromatic N) is 4. The average Bonchev–Trinajstić information content (AvgIpc) is 2.88. The molecule has 1 aliphatic heterocycles. The van der Waals surface area contributed by atoms with Crippen LogP contribution in [0.2, 0.25) is 0 Å². The standard InChI is InChI=1S/C27H33N5O3/c1-2-22-9-6-7-12-24(22)29-25(33)21-30-17-19-31(20-18-30)26(34)13-14-27(35)32(16-8-15-28)23-10-4-3-5-11-23/h3-7,9-12H,2,8,13-14,16-21H2,1H3,(H,29,33). The van der Waals surface area contributed by atoms with E-state index in [1.807, 2.05) is 59.5 Å². The first-order chi connectivity index (χ1) is 17.0. The molecular formula is C27H33N5O3. The number of carbonyl (C=O) groups excluding carboxylic acids is 3. The van der Waals surface area contributed by atoms with E-state index in [9.17, 15) is 14.4 Å². The second kappa shape index (κ2) is 13.3. The average molecular weight is 476 g/mol. The van der Waals surface area contributed by atoms with E-state index in [1.54, 1.807) is 9.80 Å². The summed E-state index contributed by atoms with van der Waals surface area (Å²) in [7, 11) is 0. The van der Waals surface area contributed by atoms with E-state index in [0.717, 1.165) is 23.4 Å². The number of carbonyl (C=O) groups is 3. The Bertz CT molecular complexity index is 1040. The predicted molar refractivity (Wildman–Crippen MR) is 136 cm³/mol. The van der Waals surface area contributed by atoms with Crippen LogP contribution in [0, 0.1) is 11.3 Å². The summed E-state index contributed by atoms with van der Waals surface area (Å²) in [5.74, 6) is -0.287. The van der Waals surface area contributed by atoms with Crippen molar-refractivity contribution < 1.29 is 14.4 Å². The highest BCUT2D eigenvalue weighted by Crippen LogP contribution is 2.17. The van der Waals surface area contributed by atoms with Crippen molar-refractivity contribution in [2.24, 2.45) is 0 Å². The van der Waals surface area contributed by atoms with Crippen LogP contribution in [0.15, 0.2) is 54.6 Å². The van der Waals surface area contributed by atoms with Gasteiger partial charge in [0.25, 0.3) is 0 Å². The summed E-state index contributed by atoms with van der Waals surface area (Å²) in [6.45, 7) is 4.92. The lowest BCUT2D eigenvalue weighted by molar-refractivity contribution is -0.134. The highest BCUT2D eigenvalue weighted by molar-refractivity contribution is 5.95. The molecule has 0 atom stereocenters. The van der Waals surface area contributed by atoms with Crippen molar-refractivity contribution in [1.82, 2.24) is 9.80 Å². The van der Waals surface area contributed by atoms with Gasteiger partial charge in [-0.1, -0.05) is 43.3 Å². The third kappa shape index (κ3) is 7.66. The third-order valence-electron chi connectivity index (χ3n) is 6.13. The monoisotopic (exact) mass is 475 g/mol. The van der Waals surface area contributed by atoms with Crippen molar-refractivity contribution in [3.8, 4) is 6.07 Å². The molecule has 0 saturated carbocycles. The number of amides is 3. The minimum absolute atomic E-state index is 0.0605. The van der Waals surface area contributed by atoms with Gasteiger partial charge < -0.3 is 15.1 Å². The molecular weight excluding hydrogens is 442 g/mol. The zero-order chi connectivity index (χ0) is 25.0. The lowest BCUT2D eigenvalue weighted by atomic mass is 10.1. The Labute approximate surface area is 207 Å². The molecule has 3 rings (SSSR count). The lowest BCUT2D eigenvalue weighted by Crippen LogP contribution is -2.50. The van der Waals surface area contributed by atoms with Crippen molar-refractivity contribution in [2.75, 3.05) is 49.5 Å². The van der Waals surface area contributed by atoms with Crippen LogP contribution in [0.25, 0.3) is 0 Å². The van der Waals surface area contributed by atoms with Gasteiger partial charge in [0.2, 0.25) is 17.7 Å². The zero-order valence-electron chi connectivity index (χ0n) is 20.3. The van der Waals surface area contributed by atoms with Crippen molar-refractivity contribution in [3.05, 3.63) is 60.2 Å². The summed E-state index contributed by atoms with van der Waals surface area (Å²) in [5, 5.41) is 11.9. The zero-order valence-corrected chi connectivity index (χ0v) is 20.3. The highest BCUT2D eigenvalue weighted by atomic mass is 16.2. The SMILES string of the molecule is CCc1ccccc1NC(=O)CN1CCN(C(=O)CCC(=O)N(CCC#N)c2ccccc2)CC1. The Balaban J connectivity index is 1.43. The van der Waals surface area contributed by atoms with Gasteiger partial charge in [0.1, 0.15) is 0 Å². The molecule has 0 aromatic heterocycles. The summed E-state index contributed by atoms with van der Waals surface area (Å²) < 4.78 is 0. The molecule has 3 amide bonds. The van der Waals surface area contributed by atoms with Gasteiger partial charge in [-0.25, -0.2) is 0 Å². The number of nitrogens with one attached hydrogen (secondary N) is 1. The first-order valence-corrected chi connectivity index (χ1v) is 12.1. The third-order valence-corrected chi connectivity index (χ3v) is 6.13. The molecule has 0 bridgehead atoms. The second-order valence-electron chi connectivity index (χ2n) is 8.50. The van der Waals surface area contributed by atoms with E-state index in [0.29, 0.717) is 32.7 Å². The molecule has 1 saturated heterocycles. The molecule has 1 aliphatic rings. The molecule has 0 aliphatic carbocycles. The molecule has 0 spiro atoms. The number of para-hydroxylation sites is 2. The summed E-state index contributed by atoms with van der Waals surface area (Å²) >= 11 is 0. The van der Waals surface area contributed by atoms with Crippen molar-refractivity contribution in [3.63, 3.8) is 0 Å². The summed E-state index contributed by atoms with van der Waals surface area (Å²) in [6, 6.07) is 19.1. The molecule has 8 heteroatoms. The van der Waals surface area contributed by atoms with Crippen LogP contribution in [0.3, 0.4) is 0 Å². The number of hydrogen-bond donors (Lipinski definition) is 1. The van der Waals surface area contributed by atoms with Crippen LogP contribution in [0.4, 0.5) is 11.4 Å². The van der Waals surface area contributed by atoms with E-state index >= 15 is 0 Å². The molecule has 8 nitrogen and oxygen atoms in total. The van der Waals surface area contributed by atoms with Crippen LogP contribution < -0.4 is 10.2 Å². The van der Waals surface area contributed by atoms with Crippen LogP contribution in [-0.2, 0) is 20.8 Å². The number of rotatable bonds is 10. The van der Waals surface area contributed by atoms with Crippen LogP contribution in [-0.4, -0.2) is 66.8 Å². The fourth-order valence-corrected chi connectivity index (χ4v) is 4.17. The Hall–Kier alpha value is -3.70. The van der Waals surface area contributed by atoms with Crippen LogP contribution in [0.1, 0.15) is 31.7 Å². The van der Waals surface area contributed by atoms with Crippen molar-refractivity contribution in [2.45, 2.75) is 32.6 Å². The molecule has 1 fully saturated rings. The highest BCUT2D eigenvalue weighted by Gasteiger charge is 2.24. The molecule has 1 N–H and O–H groups in total. The maximum Gasteiger partial charge on any atom is 0.238 e. The van der Waals surface area contributed by atoms with Gasteiger partial charge in [-0.2, -0.15) is 5.26 Å². The van der Waals surface area contributed by atoms with Gasteiger partial charge in [-0.05, 0) is 30.2 Å². The van der Waals surface area contributed by atoms with Crippen LogP contribution in [0.5, 0.6) is 0 Å². The van der Waals surface area contributed by atoms with E-state index < -0.39 is 0 Å². The van der Waals surface area contributed by atoms with E-state index in [2.05, 4.69) is 18.3 Å². The number of piperazine rings is 1. The molecule has 2 aromatic carbocycles. The van der Waals surface area contributed by atoms with Crippen LogP contribution >= 0.6 is 0 Å². The Morgan fingerprint density at radius 1 is 0.971 bits per heavy atom. The maximum absolute atomic E-state index is 12.8. The minimum Gasteiger partial charge on any atom is -0.340 e. The van der Waals surface area contributed by atoms with Gasteiger partial charge in [-0.15, -0.1) is 0 Å². The Morgan fingerprint density at radius 3 is 2.34 bits per heavy atom. The topological polar surface area (TPSA) is 96.8 Å². The predicted octanol–water partition coefficient (Wildman–Crippen LogP) is 3.06. The van der Waals surface area contributed by atoms with E-state index in [-0.39, 0.29) is 43.5 Å². The van der Waals surface area contributed by atoms with Gasteiger partial charge in [-0.3, -0.25) is 19.3 Å². The number of aryl methyl sites for hydroxylation is 1. The van der Waals surface area contributed by atoms with Crippen molar-refractivity contribution in [1.29, 1.82) is 5.26 Å². The van der Waals surface area contributed by atoms with Gasteiger partial charge in [0.05, 0.1) is 19.0 Å². The summed E-state index contributed by atoms with van der Waals surface area (Å²) in [5.41, 5.74) is 2.68. The van der Waals surface area contributed by atoms with Gasteiger partial charge in [0, 0.05) is 56.9 Å². The largest absolute Gasteiger partial charge is 0.340 e. The smallest absolute Gasteiger partial charge is 0.238 e. The molecule has 35 heavy (non-hydrogen) atoms. The van der Waals surface area contributed by atoms with E-state index in [4.69, 9.17) is 5.26 Å². The minimum atomic E-state index is -0.164. The first kappa shape index (κ1) is 25.9. The molecule has 0 unspecified atom stereocenters. The molecule has 1 heterocycles. The van der Waals surface area contributed by atoms with E-state index in [1.165, 1.54) is 0 Å². The Kier molecular flexibility index (Phi) is 9.81. The first-order valence-electron chi connectivity index (χ1n) is 12.1. The Morgan fingerprint density at radius 2 is 1.66 bits per heavy atom. The quantitative estimate of drug-likeness (QED) is 0.570. The number of hydrogen-bond acceptors (Lipinski definition) is 5. The number of anilines is 2.